The first-order chi connectivity index (χ1) is 15.6. The third kappa shape index (κ3) is 4.53. The van der Waals surface area contributed by atoms with Crippen molar-refractivity contribution in [1.82, 2.24) is 24.1 Å². The summed E-state index contributed by atoms with van der Waals surface area (Å²) >= 11 is 6.17. The molecule has 8 nitrogen and oxygen atoms in total. The number of pyridine rings is 1. The van der Waals surface area contributed by atoms with E-state index in [0.29, 0.717) is 17.5 Å². The van der Waals surface area contributed by atoms with Crippen LogP contribution in [0.4, 0.5) is 13.2 Å². The van der Waals surface area contributed by atoms with E-state index in [1.165, 1.54) is 0 Å². The summed E-state index contributed by atoms with van der Waals surface area (Å²) in [5, 5.41) is 16.2. The fourth-order valence-corrected chi connectivity index (χ4v) is 3.57. The zero-order chi connectivity index (χ0) is 23.8. The molecule has 0 saturated heterocycles. The minimum atomic E-state index is -5.08. The van der Waals surface area contributed by atoms with Crippen molar-refractivity contribution in [2.45, 2.75) is 19.6 Å². The maximum Gasteiger partial charge on any atom is 0.490 e. The van der Waals surface area contributed by atoms with Gasteiger partial charge in [-0.15, -0.1) is 10.2 Å². The predicted molar refractivity (Wildman–Crippen MR) is 113 cm³/mol. The van der Waals surface area contributed by atoms with Crippen LogP contribution >= 0.6 is 11.6 Å². The normalized spacial score (nSPS) is 11.5. The summed E-state index contributed by atoms with van der Waals surface area (Å²) in [7, 11) is 0. The third-order valence-corrected chi connectivity index (χ3v) is 4.96. The first-order valence-corrected chi connectivity index (χ1v) is 9.81. The van der Waals surface area contributed by atoms with Crippen LogP contribution in [0.15, 0.2) is 59.3 Å². The second-order valence-electron chi connectivity index (χ2n) is 6.93. The number of aryl methyl sites for hydroxylation is 1. The van der Waals surface area contributed by atoms with Crippen molar-refractivity contribution >= 4 is 34.3 Å². The van der Waals surface area contributed by atoms with Crippen LogP contribution in [0.25, 0.3) is 28.3 Å². The molecule has 4 heterocycles. The maximum atomic E-state index is 10.6. The van der Waals surface area contributed by atoms with Crippen LogP contribution in [0.5, 0.6) is 0 Å². The number of fused-ring (bicyclic) bond motifs is 3. The molecule has 5 rings (SSSR count). The number of benzene rings is 1. The van der Waals surface area contributed by atoms with E-state index in [2.05, 4.69) is 37.9 Å². The SMILES string of the molecule is Cc1nnc2ccc3c(cc(-c4ncco4)n3Cc3cccc(Cl)c3)n12.O=C(O)C(F)(F)F. The van der Waals surface area contributed by atoms with Crippen LogP contribution in [0, 0.1) is 6.92 Å². The van der Waals surface area contributed by atoms with E-state index in [1.807, 2.05) is 35.6 Å². The van der Waals surface area contributed by atoms with Gasteiger partial charge in [-0.3, -0.25) is 4.40 Å². The van der Waals surface area contributed by atoms with Gasteiger partial charge >= 0.3 is 12.1 Å². The zero-order valence-corrected chi connectivity index (χ0v) is 17.7. The van der Waals surface area contributed by atoms with Gasteiger partial charge in [0.25, 0.3) is 0 Å². The quantitative estimate of drug-likeness (QED) is 0.393. The molecule has 0 spiro atoms. The van der Waals surface area contributed by atoms with Crippen LogP contribution in [0.2, 0.25) is 5.02 Å². The highest BCUT2D eigenvalue weighted by Gasteiger charge is 2.38. The van der Waals surface area contributed by atoms with Gasteiger partial charge in [0, 0.05) is 11.6 Å². The van der Waals surface area contributed by atoms with E-state index in [1.54, 1.807) is 12.5 Å². The van der Waals surface area contributed by atoms with Crippen molar-refractivity contribution < 1.29 is 27.5 Å². The van der Waals surface area contributed by atoms with E-state index >= 15 is 0 Å². The van der Waals surface area contributed by atoms with Gasteiger partial charge in [-0.2, -0.15) is 13.2 Å². The van der Waals surface area contributed by atoms with Crippen LogP contribution in [-0.2, 0) is 11.3 Å². The average molecular weight is 478 g/mol. The number of carboxylic acid groups (broad SMARTS) is 1. The highest BCUT2D eigenvalue weighted by molar-refractivity contribution is 6.30. The number of nitrogens with zero attached hydrogens (tertiary/aromatic N) is 5. The highest BCUT2D eigenvalue weighted by Crippen LogP contribution is 2.29. The lowest BCUT2D eigenvalue weighted by Crippen LogP contribution is -2.21. The van der Waals surface area contributed by atoms with E-state index in [-0.39, 0.29) is 0 Å². The number of hydrogen-bond donors (Lipinski definition) is 1. The van der Waals surface area contributed by atoms with Crippen LogP contribution in [-0.4, -0.2) is 41.4 Å². The van der Waals surface area contributed by atoms with Gasteiger partial charge in [-0.1, -0.05) is 23.7 Å². The Morgan fingerprint density at radius 2 is 1.91 bits per heavy atom. The Labute approximate surface area is 188 Å². The van der Waals surface area contributed by atoms with Gasteiger partial charge in [0.15, 0.2) is 5.65 Å². The van der Waals surface area contributed by atoms with Crippen molar-refractivity contribution in [3.63, 3.8) is 0 Å². The van der Waals surface area contributed by atoms with Crippen molar-refractivity contribution in [3.05, 3.63) is 71.3 Å². The molecule has 0 saturated carbocycles. The standard InChI is InChI=1S/C19H14ClN5O.C2HF3O2/c1-12-22-23-18-6-5-15-16(25(12)18)10-17(19-21-7-8-26-19)24(15)11-13-3-2-4-14(20)9-13;3-2(4,5)1(6)7/h2-10H,11H2,1H3;(H,6,7). The molecule has 0 bridgehead atoms. The van der Waals surface area contributed by atoms with Crippen LogP contribution in [0.1, 0.15) is 11.4 Å². The summed E-state index contributed by atoms with van der Waals surface area (Å²) in [5.41, 5.74) is 4.87. The number of carbonyl (C=O) groups is 1. The highest BCUT2D eigenvalue weighted by atomic mass is 35.5. The first kappa shape index (κ1) is 22.3. The van der Waals surface area contributed by atoms with Crippen molar-refractivity contribution in [2.24, 2.45) is 0 Å². The molecule has 1 aromatic carbocycles. The lowest BCUT2D eigenvalue weighted by Gasteiger charge is -2.10. The number of hydrogen-bond acceptors (Lipinski definition) is 5. The van der Waals surface area contributed by atoms with Gasteiger partial charge in [0.1, 0.15) is 17.8 Å². The topological polar surface area (TPSA) is 98.5 Å². The van der Waals surface area contributed by atoms with Crippen LogP contribution in [0.3, 0.4) is 0 Å². The van der Waals surface area contributed by atoms with Gasteiger partial charge in [0.2, 0.25) is 5.89 Å². The van der Waals surface area contributed by atoms with E-state index in [9.17, 15) is 13.2 Å². The summed E-state index contributed by atoms with van der Waals surface area (Å²) in [6.45, 7) is 2.59. The van der Waals surface area contributed by atoms with Crippen molar-refractivity contribution in [2.75, 3.05) is 0 Å². The molecule has 0 fully saturated rings. The Morgan fingerprint density at radius 1 is 1.15 bits per heavy atom. The Hall–Kier alpha value is -3.86. The van der Waals surface area contributed by atoms with E-state index in [4.69, 9.17) is 25.9 Å². The predicted octanol–water partition coefficient (Wildman–Crippen LogP) is 4.98. The largest absolute Gasteiger partial charge is 0.490 e. The summed E-state index contributed by atoms with van der Waals surface area (Å²) in [6, 6.07) is 13.9. The monoisotopic (exact) mass is 477 g/mol. The number of rotatable bonds is 3. The minimum Gasteiger partial charge on any atom is -0.475 e. The molecular weight excluding hydrogens is 463 g/mol. The summed E-state index contributed by atoms with van der Waals surface area (Å²) < 4.78 is 41.5. The Kier molecular flexibility index (Phi) is 5.81. The Bertz CT molecular complexity index is 1440. The van der Waals surface area contributed by atoms with Gasteiger partial charge in [0.05, 0.1) is 17.2 Å². The van der Waals surface area contributed by atoms with Crippen molar-refractivity contribution in [1.29, 1.82) is 0 Å². The van der Waals surface area contributed by atoms with E-state index in [0.717, 1.165) is 33.8 Å². The summed E-state index contributed by atoms with van der Waals surface area (Å²) in [5.74, 6) is -1.35. The molecule has 4 aromatic heterocycles. The number of carboxylic acids is 1. The second-order valence-corrected chi connectivity index (χ2v) is 7.37. The number of halogens is 4. The fourth-order valence-electron chi connectivity index (χ4n) is 3.36. The van der Waals surface area contributed by atoms with Crippen LogP contribution < -0.4 is 0 Å². The fraction of sp³-hybridized carbons (Fsp3) is 0.143. The number of oxazole rings is 1. The lowest BCUT2D eigenvalue weighted by molar-refractivity contribution is -0.192. The number of aromatic nitrogens is 5. The molecule has 170 valence electrons. The molecular formula is C21H15ClF3N5O3. The third-order valence-electron chi connectivity index (χ3n) is 4.72. The molecule has 1 N–H and O–H groups in total. The minimum absolute atomic E-state index is 0.571. The van der Waals surface area contributed by atoms with Gasteiger partial charge < -0.3 is 14.1 Å². The maximum absolute atomic E-state index is 10.6. The number of aliphatic carboxylic acids is 1. The molecule has 0 amide bonds. The second kappa shape index (κ2) is 8.58. The Balaban J connectivity index is 0.000000325. The van der Waals surface area contributed by atoms with Gasteiger partial charge in [-0.05, 0) is 42.8 Å². The molecule has 0 aliphatic carbocycles. The molecule has 12 heteroatoms. The molecule has 0 aliphatic rings. The van der Waals surface area contributed by atoms with Crippen molar-refractivity contribution in [3.8, 4) is 11.6 Å². The molecule has 0 unspecified atom stereocenters. The summed E-state index contributed by atoms with van der Waals surface area (Å²) in [4.78, 5) is 13.2. The molecule has 5 aromatic rings. The lowest BCUT2D eigenvalue weighted by atomic mass is 10.2. The van der Waals surface area contributed by atoms with E-state index < -0.39 is 12.1 Å². The molecule has 0 radical (unpaired) electrons. The zero-order valence-electron chi connectivity index (χ0n) is 16.9. The van der Waals surface area contributed by atoms with Gasteiger partial charge in [-0.25, -0.2) is 9.78 Å². The summed E-state index contributed by atoms with van der Waals surface area (Å²) in [6.07, 6.45) is -1.85. The molecule has 33 heavy (non-hydrogen) atoms. The smallest absolute Gasteiger partial charge is 0.475 e. The Morgan fingerprint density at radius 3 is 2.55 bits per heavy atom. The number of alkyl halides is 3. The average Bonchev–Trinajstić information content (AvgIpc) is 3.47. The molecule has 0 aliphatic heterocycles. The first-order valence-electron chi connectivity index (χ1n) is 9.43. The molecule has 0 atom stereocenters.